The molecule has 1 saturated heterocycles. The number of amides is 3. The zero-order chi connectivity index (χ0) is 19.9. The van der Waals surface area contributed by atoms with Gasteiger partial charge in [0.1, 0.15) is 12.0 Å². The second kappa shape index (κ2) is 9.07. The van der Waals surface area contributed by atoms with Crippen LogP contribution in [-0.2, 0) is 9.59 Å². The van der Waals surface area contributed by atoms with Crippen LogP contribution in [0.15, 0.2) is 47.3 Å². The number of carbonyl (C=O) groups is 3. The molecule has 2 heterocycles. The number of hydrogen-bond acceptors (Lipinski definition) is 5. The van der Waals surface area contributed by atoms with Crippen molar-refractivity contribution in [3.63, 3.8) is 0 Å². The van der Waals surface area contributed by atoms with Gasteiger partial charge >= 0.3 is 11.8 Å². The first-order chi connectivity index (χ1) is 13.6. The molecule has 0 atom stereocenters. The number of benzene rings is 1. The molecule has 0 unspecified atom stereocenters. The summed E-state index contributed by atoms with van der Waals surface area (Å²) in [6.07, 6.45) is 4.45. The van der Waals surface area contributed by atoms with Crippen LogP contribution in [-0.4, -0.2) is 49.4 Å². The predicted molar refractivity (Wildman–Crippen MR) is 102 cm³/mol. The minimum atomic E-state index is -0.721. The molecule has 1 fully saturated rings. The predicted octanol–water partition coefficient (Wildman–Crippen LogP) is 1.90. The number of carbonyl (C=O) groups excluding carboxylic acids is 3. The molecule has 0 saturated carbocycles. The Morgan fingerprint density at radius 2 is 1.96 bits per heavy atom. The van der Waals surface area contributed by atoms with Gasteiger partial charge in [0.15, 0.2) is 0 Å². The number of nitrogens with zero attached hydrogens (tertiary/aromatic N) is 1. The number of rotatable bonds is 5. The molecule has 1 aliphatic rings. The second-order valence-corrected chi connectivity index (χ2v) is 6.64. The fraction of sp³-hybridized carbons (Fsp3) is 0.350. The van der Waals surface area contributed by atoms with Crippen LogP contribution in [0.1, 0.15) is 23.2 Å². The average Bonchev–Trinajstić information content (AvgIpc) is 3.27. The van der Waals surface area contributed by atoms with Gasteiger partial charge < -0.3 is 24.7 Å². The first-order valence-corrected chi connectivity index (χ1v) is 9.11. The van der Waals surface area contributed by atoms with E-state index in [2.05, 4.69) is 10.6 Å². The zero-order valence-electron chi connectivity index (χ0n) is 15.6. The van der Waals surface area contributed by atoms with Crippen molar-refractivity contribution in [2.45, 2.75) is 12.8 Å². The smallest absolute Gasteiger partial charge is 0.313 e. The lowest BCUT2D eigenvalue weighted by atomic mass is 9.96. The van der Waals surface area contributed by atoms with Crippen LogP contribution in [0.4, 0.5) is 5.69 Å². The van der Waals surface area contributed by atoms with E-state index in [1.54, 1.807) is 35.2 Å². The van der Waals surface area contributed by atoms with Gasteiger partial charge in [0.2, 0.25) is 0 Å². The zero-order valence-corrected chi connectivity index (χ0v) is 15.6. The van der Waals surface area contributed by atoms with Crippen LogP contribution >= 0.6 is 0 Å². The average molecular weight is 385 g/mol. The first kappa shape index (κ1) is 19.5. The van der Waals surface area contributed by atoms with Crippen molar-refractivity contribution in [2.75, 3.05) is 32.1 Å². The lowest BCUT2D eigenvalue weighted by Crippen LogP contribution is -2.43. The highest BCUT2D eigenvalue weighted by Gasteiger charge is 2.25. The lowest BCUT2D eigenvalue weighted by Gasteiger charge is -2.31. The summed E-state index contributed by atoms with van der Waals surface area (Å²) < 4.78 is 10.0. The largest absolute Gasteiger partial charge is 0.497 e. The van der Waals surface area contributed by atoms with Gasteiger partial charge in [0.25, 0.3) is 5.91 Å². The number of ether oxygens (including phenoxy) is 1. The Bertz CT molecular complexity index is 826. The second-order valence-electron chi connectivity index (χ2n) is 6.64. The van der Waals surface area contributed by atoms with Gasteiger partial charge in [-0.25, -0.2) is 0 Å². The van der Waals surface area contributed by atoms with Gasteiger partial charge in [-0.3, -0.25) is 14.4 Å². The molecule has 0 radical (unpaired) electrons. The van der Waals surface area contributed by atoms with Crippen LogP contribution in [0.5, 0.6) is 5.75 Å². The maximum Gasteiger partial charge on any atom is 0.313 e. The number of anilines is 1. The van der Waals surface area contributed by atoms with E-state index in [-0.39, 0.29) is 11.8 Å². The van der Waals surface area contributed by atoms with Crippen LogP contribution in [0, 0.1) is 5.92 Å². The van der Waals surface area contributed by atoms with E-state index in [0.717, 1.165) is 12.8 Å². The van der Waals surface area contributed by atoms with Crippen molar-refractivity contribution < 1.29 is 23.5 Å². The molecule has 1 aromatic heterocycles. The van der Waals surface area contributed by atoms with E-state index < -0.39 is 11.8 Å². The first-order valence-electron chi connectivity index (χ1n) is 9.11. The van der Waals surface area contributed by atoms with Crippen LogP contribution < -0.4 is 15.4 Å². The number of methoxy groups -OCH3 is 1. The van der Waals surface area contributed by atoms with E-state index in [9.17, 15) is 14.4 Å². The summed E-state index contributed by atoms with van der Waals surface area (Å²) in [4.78, 5) is 38.1. The number of furan rings is 1. The Morgan fingerprint density at radius 1 is 1.18 bits per heavy atom. The van der Waals surface area contributed by atoms with E-state index in [1.165, 1.54) is 19.6 Å². The van der Waals surface area contributed by atoms with Crippen LogP contribution in [0.25, 0.3) is 0 Å². The summed E-state index contributed by atoms with van der Waals surface area (Å²) in [7, 11) is 1.53. The molecule has 2 N–H and O–H groups in total. The molecular weight excluding hydrogens is 362 g/mol. The van der Waals surface area contributed by atoms with E-state index >= 15 is 0 Å². The maximum atomic E-state index is 12.3. The summed E-state index contributed by atoms with van der Waals surface area (Å²) in [5, 5.41) is 5.22. The van der Waals surface area contributed by atoms with Gasteiger partial charge in [0, 0.05) is 31.4 Å². The van der Waals surface area contributed by atoms with Crippen molar-refractivity contribution in [1.82, 2.24) is 10.2 Å². The van der Waals surface area contributed by atoms with Crippen molar-refractivity contribution in [3.8, 4) is 5.75 Å². The fourth-order valence-electron chi connectivity index (χ4n) is 3.11. The Balaban J connectivity index is 1.41. The SMILES string of the molecule is COc1cccc(NC(=O)C(=O)NCC2CCN(C(=O)c3ccoc3)CC2)c1. The van der Waals surface area contributed by atoms with Crippen molar-refractivity contribution in [2.24, 2.45) is 5.92 Å². The highest BCUT2D eigenvalue weighted by atomic mass is 16.5. The third-order valence-electron chi connectivity index (χ3n) is 4.75. The van der Waals surface area contributed by atoms with E-state index in [0.29, 0.717) is 36.6 Å². The number of piperidine rings is 1. The number of hydrogen-bond donors (Lipinski definition) is 2. The van der Waals surface area contributed by atoms with Gasteiger partial charge in [-0.15, -0.1) is 0 Å². The van der Waals surface area contributed by atoms with E-state index in [4.69, 9.17) is 9.15 Å². The van der Waals surface area contributed by atoms with Gasteiger partial charge in [-0.2, -0.15) is 0 Å². The van der Waals surface area contributed by atoms with Crippen LogP contribution in [0.2, 0.25) is 0 Å². The maximum absolute atomic E-state index is 12.3. The summed E-state index contributed by atoms with van der Waals surface area (Å²) >= 11 is 0. The Morgan fingerprint density at radius 3 is 2.64 bits per heavy atom. The van der Waals surface area contributed by atoms with Crippen molar-refractivity contribution in [1.29, 1.82) is 0 Å². The molecule has 8 heteroatoms. The number of likely N-dealkylation sites (tertiary alicyclic amines) is 1. The van der Waals surface area contributed by atoms with Crippen molar-refractivity contribution in [3.05, 3.63) is 48.4 Å². The van der Waals surface area contributed by atoms with Gasteiger partial charge in [-0.05, 0) is 37.0 Å². The monoisotopic (exact) mass is 385 g/mol. The normalized spacial score (nSPS) is 14.4. The molecule has 2 aromatic rings. The molecule has 148 valence electrons. The molecular formula is C20H23N3O5. The molecule has 28 heavy (non-hydrogen) atoms. The summed E-state index contributed by atoms with van der Waals surface area (Å²) in [6.45, 7) is 1.62. The third kappa shape index (κ3) is 4.91. The highest BCUT2D eigenvalue weighted by Crippen LogP contribution is 2.19. The summed E-state index contributed by atoms with van der Waals surface area (Å²) in [5.41, 5.74) is 1.03. The topological polar surface area (TPSA) is 101 Å². The molecule has 0 aliphatic carbocycles. The third-order valence-corrected chi connectivity index (χ3v) is 4.75. The Labute approximate surface area is 162 Å². The van der Waals surface area contributed by atoms with Crippen LogP contribution in [0.3, 0.4) is 0 Å². The molecule has 0 bridgehead atoms. The molecule has 0 spiro atoms. The number of nitrogens with one attached hydrogen (secondary N) is 2. The summed E-state index contributed by atoms with van der Waals surface area (Å²) in [6, 6.07) is 8.44. The molecule has 1 aliphatic heterocycles. The van der Waals surface area contributed by atoms with Gasteiger partial charge in [-0.1, -0.05) is 6.07 Å². The quantitative estimate of drug-likeness (QED) is 0.766. The molecule has 3 amide bonds. The minimum absolute atomic E-state index is 0.0473. The van der Waals surface area contributed by atoms with E-state index in [1.807, 2.05) is 0 Å². The minimum Gasteiger partial charge on any atom is -0.497 e. The van der Waals surface area contributed by atoms with Gasteiger partial charge in [0.05, 0.1) is 18.9 Å². The summed E-state index contributed by atoms with van der Waals surface area (Å²) in [5.74, 6) is -0.633. The Hall–Kier alpha value is -3.29. The molecule has 8 nitrogen and oxygen atoms in total. The fourth-order valence-corrected chi connectivity index (χ4v) is 3.11. The molecule has 1 aromatic carbocycles. The lowest BCUT2D eigenvalue weighted by molar-refractivity contribution is -0.136. The highest BCUT2D eigenvalue weighted by molar-refractivity contribution is 6.39. The standard InChI is InChI=1S/C20H23N3O5/c1-27-17-4-2-3-16(11-17)22-19(25)18(24)21-12-14-5-8-23(9-6-14)20(26)15-7-10-28-13-15/h2-4,7,10-11,13-14H,5-6,8-9,12H2,1H3,(H,21,24)(H,22,25). The molecule has 3 rings (SSSR count). The Kier molecular flexibility index (Phi) is 6.31. The van der Waals surface area contributed by atoms with Crippen molar-refractivity contribution >= 4 is 23.4 Å².